The Morgan fingerprint density at radius 1 is 1.48 bits per heavy atom. The highest BCUT2D eigenvalue weighted by molar-refractivity contribution is 5.68. The molecular weight excluding hydrogens is 276 g/mol. The second-order valence-corrected chi connectivity index (χ2v) is 5.66. The molecule has 0 spiro atoms. The number of aliphatic hydroxyl groups is 1. The highest BCUT2D eigenvalue weighted by Crippen LogP contribution is 2.15. The largest absolute Gasteiger partial charge is 0.444 e. The molecular formula is C14H20N2O5. The summed E-state index contributed by atoms with van der Waals surface area (Å²) in [4.78, 5) is 21.9. The van der Waals surface area contributed by atoms with Crippen LogP contribution in [0.4, 0.5) is 10.5 Å². The summed E-state index contributed by atoms with van der Waals surface area (Å²) in [7, 11) is 0. The lowest BCUT2D eigenvalue weighted by atomic mass is 10.1. The topological polar surface area (TPSA) is 102 Å². The maximum Gasteiger partial charge on any atom is 0.407 e. The Balaban J connectivity index is 2.68. The van der Waals surface area contributed by atoms with Gasteiger partial charge < -0.3 is 15.2 Å². The second-order valence-electron chi connectivity index (χ2n) is 5.66. The summed E-state index contributed by atoms with van der Waals surface area (Å²) in [5, 5.41) is 22.6. The number of nitrogens with one attached hydrogen (secondary N) is 1. The molecule has 0 aromatic heterocycles. The summed E-state index contributed by atoms with van der Waals surface area (Å²) in [5.41, 5.74) is -0.00363. The van der Waals surface area contributed by atoms with Gasteiger partial charge in [-0.1, -0.05) is 12.1 Å². The van der Waals surface area contributed by atoms with Crippen molar-refractivity contribution >= 4 is 11.8 Å². The van der Waals surface area contributed by atoms with Crippen molar-refractivity contribution in [1.29, 1.82) is 0 Å². The average molecular weight is 296 g/mol. The van der Waals surface area contributed by atoms with E-state index in [0.29, 0.717) is 5.56 Å². The lowest BCUT2D eigenvalue weighted by Crippen LogP contribution is -2.42. The number of non-ortho nitro benzene ring substituents is 1. The zero-order chi connectivity index (χ0) is 16.0. The fourth-order valence-corrected chi connectivity index (χ4v) is 1.72. The van der Waals surface area contributed by atoms with Crippen LogP contribution in [0.15, 0.2) is 24.3 Å². The van der Waals surface area contributed by atoms with Gasteiger partial charge >= 0.3 is 6.09 Å². The number of amides is 1. The Hall–Kier alpha value is -2.15. The van der Waals surface area contributed by atoms with Gasteiger partial charge in [-0.2, -0.15) is 0 Å². The number of nitrogens with zero attached hydrogens (tertiary/aromatic N) is 1. The van der Waals surface area contributed by atoms with Crippen molar-refractivity contribution in [3.63, 3.8) is 0 Å². The van der Waals surface area contributed by atoms with Crippen molar-refractivity contribution in [3.05, 3.63) is 39.9 Å². The van der Waals surface area contributed by atoms with Crippen LogP contribution in [0.5, 0.6) is 0 Å². The molecule has 0 fully saturated rings. The van der Waals surface area contributed by atoms with Gasteiger partial charge in [0.05, 0.1) is 17.6 Å². The van der Waals surface area contributed by atoms with Crippen LogP contribution < -0.4 is 5.32 Å². The van der Waals surface area contributed by atoms with E-state index < -0.39 is 22.7 Å². The van der Waals surface area contributed by atoms with Gasteiger partial charge in [0.15, 0.2) is 0 Å². The van der Waals surface area contributed by atoms with Gasteiger partial charge in [-0.25, -0.2) is 4.79 Å². The summed E-state index contributed by atoms with van der Waals surface area (Å²) in [5.74, 6) is 0. The number of alkyl carbamates (subject to hydrolysis) is 1. The predicted molar refractivity (Wildman–Crippen MR) is 77.0 cm³/mol. The van der Waals surface area contributed by atoms with Gasteiger partial charge in [-0.3, -0.25) is 10.1 Å². The third-order valence-electron chi connectivity index (χ3n) is 2.54. The van der Waals surface area contributed by atoms with Crippen LogP contribution in [0.25, 0.3) is 0 Å². The molecule has 0 radical (unpaired) electrons. The van der Waals surface area contributed by atoms with Crippen LogP contribution in [0.1, 0.15) is 26.3 Å². The fourth-order valence-electron chi connectivity index (χ4n) is 1.72. The zero-order valence-corrected chi connectivity index (χ0v) is 12.3. The summed E-state index contributed by atoms with van der Waals surface area (Å²) in [6.45, 7) is 4.92. The first kappa shape index (κ1) is 16.9. The Kier molecular flexibility index (Phi) is 5.66. The number of benzene rings is 1. The molecule has 1 amide bonds. The van der Waals surface area contributed by atoms with E-state index in [1.54, 1.807) is 32.9 Å². The standard InChI is InChI=1S/C14H20N2O5/c1-14(2,3)21-13(18)15-11(9-17)7-10-5-4-6-12(8-10)16(19)20/h4-6,8,11,17H,7,9H2,1-3H3,(H,15,18)/t11-/m0/s1. The van der Waals surface area contributed by atoms with E-state index in [2.05, 4.69) is 5.32 Å². The molecule has 1 atom stereocenters. The maximum absolute atomic E-state index is 11.6. The van der Waals surface area contributed by atoms with Crippen LogP contribution in [0.3, 0.4) is 0 Å². The highest BCUT2D eigenvalue weighted by Gasteiger charge is 2.19. The Bertz CT molecular complexity index is 510. The van der Waals surface area contributed by atoms with Crippen LogP contribution in [-0.4, -0.2) is 34.4 Å². The predicted octanol–water partition coefficient (Wildman–Crippen LogP) is 2.02. The minimum absolute atomic E-state index is 0.0264. The minimum Gasteiger partial charge on any atom is -0.444 e. The lowest BCUT2D eigenvalue weighted by Gasteiger charge is -2.22. The smallest absolute Gasteiger partial charge is 0.407 e. The number of hydrogen-bond donors (Lipinski definition) is 2. The Morgan fingerprint density at radius 2 is 2.14 bits per heavy atom. The molecule has 2 N–H and O–H groups in total. The van der Waals surface area contributed by atoms with Crippen molar-refractivity contribution in [2.75, 3.05) is 6.61 Å². The van der Waals surface area contributed by atoms with E-state index >= 15 is 0 Å². The monoisotopic (exact) mass is 296 g/mol. The number of nitro benzene ring substituents is 1. The van der Waals surface area contributed by atoms with Crippen molar-refractivity contribution in [2.45, 2.75) is 38.8 Å². The zero-order valence-electron chi connectivity index (χ0n) is 12.3. The molecule has 1 aromatic carbocycles. The molecule has 0 aliphatic heterocycles. The van der Waals surface area contributed by atoms with E-state index in [1.165, 1.54) is 12.1 Å². The first-order valence-electron chi connectivity index (χ1n) is 6.55. The lowest BCUT2D eigenvalue weighted by molar-refractivity contribution is -0.384. The number of aliphatic hydroxyl groups excluding tert-OH is 1. The number of rotatable bonds is 5. The minimum atomic E-state index is -0.632. The molecule has 0 saturated heterocycles. The number of carbonyl (C=O) groups is 1. The molecule has 0 heterocycles. The summed E-state index contributed by atoms with van der Waals surface area (Å²) in [6.07, 6.45) is -0.357. The van der Waals surface area contributed by atoms with E-state index in [9.17, 15) is 20.0 Å². The molecule has 0 bridgehead atoms. The van der Waals surface area contributed by atoms with Crippen molar-refractivity contribution in [2.24, 2.45) is 0 Å². The van der Waals surface area contributed by atoms with Gasteiger partial charge in [-0.05, 0) is 32.8 Å². The molecule has 1 aromatic rings. The van der Waals surface area contributed by atoms with Gasteiger partial charge in [0.25, 0.3) is 5.69 Å². The third-order valence-corrected chi connectivity index (χ3v) is 2.54. The van der Waals surface area contributed by atoms with Gasteiger partial charge in [0, 0.05) is 12.1 Å². The molecule has 7 heteroatoms. The van der Waals surface area contributed by atoms with Crippen LogP contribution in [0.2, 0.25) is 0 Å². The first-order valence-corrected chi connectivity index (χ1v) is 6.55. The van der Waals surface area contributed by atoms with E-state index in [-0.39, 0.29) is 18.7 Å². The fraction of sp³-hybridized carbons (Fsp3) is 0.500. The molecule has 0 aliphatic carbocycles. The Labute approximate surface area is 123 Å². The normalized spacial score (nSPS) is 12.6. The summed E-state index contributed by atoms with van der Waals surface area (Å²) >= 11 is 0. The molecule has 0 unspecified atom stereocenters. The number of hydrogen-bond acceptors (Lipinski definition) is 5. The van der Waals surface area contributed by atoms with Gasteiger partial charge in [-0.15, -0.1) is 0 Å². The highest BCUT2D eigenvalue weighted by atomic mass is 16.6. The van der Waals surface area contributed by atoms with E-state index in [0.717, 1.165) is 0 Å². The summed E-state index contributed by atoms with van der Waals surface area (Å²) in [6, 6.07) is 5.50. The quantitative estimate of drug-likeness (QED) is 0.639. The van der Waals surface area contributed by atoms with Crippen LogP contribution in [0, 0.1) is 10.1 Å². The van der Waals surface area contributed by atoms with Crippen LogP contribution in [-0.2, 0) is 11.2 Å². The van der Waals surface area contributed by atoms with Crippen LogP contribution >= 0.6 is 0 Å². The Morgan fingerprint density at radius 3 is 2.67 bits per heavy atom. The van der Waals surface area contributed by atoms with Gasteiger partial charge in [0.1, 0.15) is 5.60 Å². The molecule has 0 saturated carbocycles. The SMILES string of the molecule is CC(C)(C)OC(=O)N[C@H](CO)Cc1cccc([N+](=O)[O-])c1. The maximum atomic E-state index is 11.6. The van der Waals surface area contributed by atoms with Crippen molar-refractivity contribution in [1.82, 2.24) is 5.32 Å². The molecule has 1 rings (SSSR count). The average Bonchev–Trinajstić information content (AvgIpc) is 2.36. The first-order chi connectivity index (χ1) is 9.71. The number of ether oxygens (including phenoxy) is 1. The van der Waals surface area contributed by atoms with E-state index in [4.69, 9.17) is 4.74 Å². The van der Waals surface area contributed by atoms with Crippen molar-refractivity contribution in [3.8, 4) is 0 Å². The van der Waals surface area contributed by atoms with E-state index in [1.807, 2.05) is 0 Å². The molecule has 116 valence electrons. The summed E-state index contributed by atoms with van der Waals surface area (Å²) < 4.78 is 5.10. The number of carbonyl (C=O) groups excluding carboxylic acids is 1. The second kappa shape index (κ2) is 7.03. The molecule has 0 aliphatic rings. The molecule has 21 heavy (non-hydrogen) atoms. The van der Waals surface area contributed by atoms with Gasteiger partial charge in [0.2, 0.25) is 0 Å². The molecule has 7 nitrogen and oxygen atoms in total. The van der Waals surface area contributed by atoms with Crippen molar-refractivity contribution < 1.29 is 19.6 Å². The third kappa shape index (κ3) is 6.22. The number of nitro groups is 1.